The summed E-state index contributed by atoms with van der Waals surface area (Å²) in [7, 11) is 0. The van der Waals surface area contributed by atoms with Gasteiger partial charge in [0.2, 0.25) is 0 Å². The summed E-state index contributed by atoms with van der Waals surface area (Å²) in [5.74, 6) is 2.65. The Morgan fingerprint density at radius 3 is 2.94 bits per heavy atom. The van der Waals surface area contributed by atoms with Crippen LogP contribution >= 0.6 is 27.7 Å². The molecule has 1 fully saturated rings. The number of halogens is 1. The summed E-state index contributed by atoms with van der Waals surface area (Å²) in [5.41, 5.74) is 3.08. The second-order valence-electron chi connectivity index (χ2n) is 5.08. The highest BCUT2D eigenvalue weighted by Gasteiger charge is 2.23. The number of benzene rings is 1. The number of aryl methyl sites for hydroxylation is 1. The van der Waals surface area contributed by atoms with Crippen molar-refractivity contribution < 1.29 is 0 Å². The Kier molecular flexibility index (Phi) is 3.78. The molecule has 1 heterocycles. The highest BCUT2D eigenvalue weighted by molar-refractivity contribution is 9.10. The number of thioether (sulfide) groups is 1. The molecule has 3 heteroatoms. The quantitative estimate of drug-likeness (QED) is 0.898. The summed E-state index contributed by atoms with van der Waals surface area (Å²) in [6, 6.07) is 8.22. The molecule has 0 aromatic heterocycles. The van der Waals surface area contributed by atoms with E-state index in [4.69, 9.17) is 0 Å². The molecular weight excluding hydrogens is 294 g/mol. The van der Waals surface area contributed by atoms with Crippen LogP contribution < -0.4 is 5.32 Å². The molecule has 1 saturated heterocycles. The van der Waals surface area contributed by atoms with Gasteiger partial charge in [0.05, 0.1) is 0 Å². The maximum Gasteiger partial charge on any atom is 0.0178 e. The van der Waals surface area contributed by atoms with E-state index in [2.05, 4.69) is 51.2 Å². The topological polar surface area (TPSA) is 12.0 Å². The van der Waals surface area contributed by atoms with Crippen LogP contribution in [0.2, 0.25) is 0 Å². The van der Waals surface area contributed by atoms with Crippen LogP contribution in [0.1, 0.15) is 24.0 Å². The Balaban J connectivity index is 1.65. The molecule has 1 nitrogen and oxygen atoms in total. The van der Waals surface area contributed by atoms with E-state index < -0.39 is 0 Å². The molecule has 17 heavy (non-hydrogen) atoms. The molecule has 1 aliphatic carbocycles. The lowest BCUT2D eigenvalue weighted by Crippen LogP contribution is -2.41. The minimum absolute atomic E-state index is 0.701. The van der Waals surface area contributed by atoms with Gasteiger partial charge in [0.25, 0.3) is 0 Å². The first-order valence-corrected chi connectivity index (χ1v) is 8.37. The first-order valence-electron chi connectivity index (χ1n) is 6.42. The van der Waals surface area contributed by atoms with Crippen molar-refractivity contribution in [3.8, 4) is 0 Å². The SMILES string of the molecule is Brc1ccc2c(c1)CCC(NC1CCSC1)C2. The molecule has 1 aliphatic heterocycles. The van der Waals surface area contributed by atoms with Crippen LogP contribution in [-0.4, -0.2) is 23.6 Å². The van der Waals surface area contributed by atoms with Crippen LogP contribution in [0.3, 0.4) is 0 Å². The van der Waals surface area contributed by atoms with Gasteiger partial charge in [0, 0.05) is 22.3 Å². The van der Waals surface area contributed by atoms with Crippen LogP contribution in [0.4, 0.5) is 0 Å². The molecule has 0 saturated carbocycles. The van der Waals surface area contributed by atoms with Gasteiger partial charge in [-0.15, -0.1) is 0 Å². The van der Waals surface area contributed by atoms with Crippen molar-refractivity contribution in [2.24, 2.45) is 0 Å². The summed E-state index contributed by atoms with van der Waals surface area (Å²) in [6.07, 6.45) is 5.09. The standard InChI is InChI=1S/C14H18BrNS/c15-12-3-1-11-8-13(4-2-10(11)7-12)16-14-5-6-17-9-14/h1,3,7,13-14,16H,2,4-6,8-9H2. The fraction of sp³-hybridized carbons (Fsp3) is 0.571. The van der Waals surface area contributed by atoms with Gasteiger partial charge in [-0.2, -0.15) is 11.8 Å². The fourth-order valence-corrected chi connectivity index (χ4v) is 4.44. The third-order valence-corrected chi connectivity index (χ3v) is 5.45. The first kappa shape index (κ1) is 12.1. The van der Waals surface area contributed by atoms with Gasteiger partial charge in [-0.1, -0.05) is 22.0 Å². The van der Waals surface area contributed by atoms with E-state index in [-0.39, 0.29) is 0 Å². The summed E-state index contributed by atoms with van der Waals surface area (Å²) in [5, 5.41) is 3.84. The Labute approximate surface area is 116 Å². The number of hydrogen-bond acceptors (Lipinski definition) is 2. The molecule has 2 atom stereocenters. The Morgan fingerprint density at radius 1 is 1.18 bits per heavy atom. The van der Waals surface area contributed by atoms with Crippen molar-refractivity contribution in [2.45, 2.75) is 37.8 Å². The highest BCUT2D eigenvalue weighted by atomic mass is 79.9. The summed E-state index contributed by atoms with van der Waals surface area (Å²) in [6.45, 7) is 0. The number of rotatable bonds is 2. The lowest BCUT2D eigenvalue weighted by Gasteiger charge is -2.28. The smallest absolute Gasteiger partial charge is 0.0178 e. The molecular formula is C14H18BrNS. The van der Waals surface area contributed by atoms with E-state index in [9.17, 15) is 0 Å². The van der Waals surface area contributed by atoms with Crippen LogP contribution in [0.25, 0.3) is 0 Å². The number of nitrogens with one attached hydrogen (secondary N) is 1. The van der Waals surface area contributed by atoms with Gasteiger partial charge in [-0.3, -0.25) is 0 Å². The minimum Gasteiger partial charge on any atom is -0.310 e. The van der Waals surface area contributed by atoms with Crippen molar-refractivity contribution in [3.63, 3.8) is 0 Å². The zero-order chi connectivity index (χ0) is 11.7. The Morgan fingerprint density at radius 2 is 2.12 bits per heavy atom. The van der Waals surface area contributed by atoms with Gasteiger partial charge in [-0.05, 0) is 54.7 Å². The predicted molar refractivity (Wildman–Crippen MR) is 78.8 cm³/mol. The monoisotopic (exact) mass is 311 g/mol. The van der Waals surface area contributed by atoms with Crippen molar-refractivity contribution in [3.05, 3.63) is 33.8 Å². The van der Waals surface area contributed by atoms with Gasteiger partial charge < -0.3 is 5.32 Å². The number of hydrogen-bond donors (Lipinski definition) is 1. The maximum atomic E-state index is 3.84. The van der Waals surface area contributed by atoms with Gasteiger partial charge in [0.1, 0.15) is 0 Å². The van der Waals surface area contributed by atoms with Gasteiger partial charge >= 0.3 is 0 Å². The highest BCUT2D eigenvalue weighted by Crippen LogP contribution is 2.26. The van der Waals surface area contributed by atoms with Crippen molar-refractivity contribution in [2.75, 3.05) is 11.5 Å². The van der Waals surface area contributed by atoms with Crippen LogP contribution in [0, 0.1) is 0 Å². The molecule has 3 rings (SSSR count). The summed E-state index contributed by atoms with van der Waals surface area (Å²) in [4.78, 5) is 0. The lowest BCUT2D eigenvalue weighted by atomic mass is 9.88. The van der Waals surface area contributed by atoms with Crippen molar-refractivity contribution >= 4 is 27.7 Å². The third kappa shape index (κ3) is 2.88. The molecule has 1 aromatic carbocycles. The second-order valence-corrected chi connectivity index (χ2v) is 7.15. The number of fused-ring (bicyclic) bond motifs is 1. The average molecular weight is 312 g/mol. The lowest BCUT2D eigenvalue weighted by molar-refractivity contribution is 0.411. The molecule has 0 amide bonds. The average Bonchev–Trinajstić information content (AvgIpc) is 2.82. The van der Waals surface area contributed by atoms with E-state index in [1.165, 1.54) is 41.7 Å². The molecule has 0 radical (unpaired) electrons. The zero-order valence-corrected chi connectivity index (χ0v) is 12.3. The molecule has 2 unspecified atom stereocenters. The van der Waals surface area contributed by atoms with E-state index in [1.54, 1.807) is 11.1 Å². The zero-order valence-electron chi connectivity index (χ0n) is 9.92. The molecule has 1 aromatic rings. The molecule has 92 valence electrons. The van der Waals surface area contributed by atoms with Crippen molar-refractivity contribution in [1.82, 2.24) is 5.32 Å². The first-order chi connectivity index (χ1) is 8.31. The van der Waals surface area contributed by atoms with Crippen LogP contribution in [0.15, 0.2) is 22.7 Å². The normalized spacial score (nSPS) is 28.1. The van der Waals surface area contributed by atoms with E-state index in [0.717, 1.165) is 6.04 Å². The predicted octanol–water partition coefficient (Wildman–Crippen LogP) is 3.40. The second kappa shape index (κ2) is 5.33. The summed E-state index contributed by atoms with van der Waals surface area (Å²) >= 11 is 5.65. The van der Waals surface area contributed by atoms with Gasteiger partial charge in [0.15, 0.2) is 0 Å². The molecule has 0 spiro atoms. The Bertz CT molecular complexity index is 401. The van der Waals surface area contributed by atoms with E-state index >= 15 is 0 Å². The largest absolute Gasteiger partial charge is 0.310 e. The van der Waals surface area contributed by atoms with E-state index in [0.29, 0.717) is 6.04 Å². The fourth-order valence-electron chi connectivity index (χ4n) is 2.87. The van der Waals surface area contributed by atoms with Crippen molar-refractivity contribution in [1.29, 1.82) is 0 Å². The summed E-state index contributed by atoms with van der Waals surface area (Å²) < 4.78 is 1.22. The van der Waals surface area contributed by atoms with E-state index in [1.807, 2.05) is 0 Å². The molecule has 2 aliphatic rings. The minimum atomic E-state index is 0.701. The van der Waals surface area contributed by atoms with Gasteiger partial charge in [-0.25, -0.2) is 0 Å². The third-order valence-electron chi connectivity index (χ3n) is 3.80. The Hall–Kier alpha value is 0.01000. The van der Waals surface area contributed by atoms with Crippen LogP contribution in [-0.2, 0) is 12.8 Å². The molecule has 1 N–H and O–H groups in total. The van der Waals surface area contributed by atoms with Crippen LogP contribution in [0.5, 0.6) is 0 Å². The molecule has 0 bridgehead atoms. The maximum absolute atomic E-state index is 3.84.